The number of hydrogen-bond donors (Lipinski definition) is 1. The lowest BCUT2D eigenvalue weighted by Gasteiger charge is -1.96. The van der Waals surface area contributed by atoms with E-state index in [1.54, 1.807) is 24.5 Å². The Labute approximate surface area is 103 Å². The van der Waals surface area contributed by atoms with Crippen LogP contribution in [0.2, 0.25) is 0 Å². The van der Waals surface area contributed by atoms with Crippen LogP contribution < -0.4 is 10.5 Å². The molecule has 2 N–H and O–H groups in total. The molecule has 0 saturated heterocycles. The molecule has 0 spiro atoms. The second kappa shape index (κ2) is 4.97. The van der Waals surface area contributed by atoms with Gasteiger partial charge < -0.3 is 10.5 Å². The summed E-state index contributed by atoms with van der Waals surface area (Å²) in [6.07, 6.45) is 3.76. The average molecular weight is 248 g/mol. The molecular formula is C12H12N2O2S. The van der Waals surface area contributed by atoms with E-state index >= 15 is 0 Å². The molecule has 1 heterocycles. The number of carbonyl (C=O) groups excluding carboxylic acids is 1. The molecule has 88 valence electrons. The number of methoxy groups -OCH3 is 1. The van der Waals surface area contributed by atoms with Gasteiger partial charge in [0, 0.05) is 6.42 Å². The average Bonchev–Trinajstić information content (AvgIpc) is 2.69. The second-order valence-corrected chi connectivity index (χ2v) is 4.52. The van der Waals surface area contributed by atoms with Crippen LogP contribution in [-0.4, -0.2) is 18.0 Å². The van der Waals surface area contributed by atoms with Crippen molar-refractivity contribution in [1.82, 2.24) is 4.98 Å². The number of benzene rings is 1. The fraction of sp³-hybridized carbons (Fsp3) is 0.167. The first kappa shape index (κ1) is 11.6. The Morgan fingerprint density at radius 2 is 2.41 bits per heavy atom. The van der Waals surface area contributed by atoms with E-state index in [4.69, 9.17) is 10.5 Å². The van der Waals surface area contributed by atoms with Crippen molar-refractivity contribution in [2.75, 3.05) is 7.11 Å². The third-order valence-corrected chi connectivity index (χ3v) is 3.18. The molecule has 2 aromatic rings. The Morgan fingerprint density at radius 3 is 3.12 bits per heavy atom. The lowest BCUT2D eigenvalue weighted by Crippen LogP contribution is -2.07. The molecule has 0 saturated carbocycles. The molecule has 0 aliphatic rings. The van der Waals surface area contributed by atoms with Gasteiger partial charge >= 0.3 is 0 Å². The van der Waals surface area contributed by atoms with E-state index in [0.29, 0.717) is 0 Å². The Morgan fingerprint density at radius 1 is 1.59 bits per heavy atom. The highest BCUT2D eigenvalue weighted by molar-refractivity contribution is 7.19. The summed E-state index contributed by atoms with van der Waals surface area (Å²) in [6, 6.07) is 5.73. The maximum Gasteiger partial charge on any atom is 0.221 e. The van der Waals surface area contributed by atoms with Crippen molar-refractivity contribution >= 4 is 33.5 Å². The first-order chi connectivity index (χ1) is 8.19. The van der Waals surface area contributed by atoms with Gasteiger partial charge in [-0.3, -0.25) is 4.79 Å². The Bertz CT molecular complexity index is 575. The summed E-state index contributed by atoms with van der Waals surface area (Å²) < 4.78 is 6.20. The molecule has 0 aliphatic heterocycles. The monoisotopic (exact) mass is 248 g/mol. The van der Waals surface area contributed by atoms with E-state index in [0.717, 1.165) is 21.0 Å². The predicted octanol–water partition coefficient (Wildman–Crippen LogP) is 2.19. The number of nitrogens with two attached hydrogens (primary N) is 1. The number of ether oxygens (including phenoxy) is 1. The minimum Gasteiger partial charge on any atom is -0.497 e. The van der Waals surface area contributed by atoms with Gasteiger partial charge in [0.05, 0.1) is 17.3 Å². The lowest BCUT2D eigenvalue weighted by molar-refractivity contribution is -0.117. The molecule has 0 unspecified atom stereocenters. The first-order valence-corrected chi connectivity index (χ1v) is 5.90. The molecule has 2 rings (SSSR count). The summed E-state index contributed by atoms with van der Waals surface area (Å²) in [5, 5.41) is 0.856. The van der Waals surface area contributed by atoms with Crippen LogP contribution in [0.4, 0.5) is 0 Å². The number of amides is 1. The molecule has 4 nitrogen and oxygen atoms in total. The zero-order valence-corrected chi connectivity index (χ0v) is 10.2. The third-order valence-electron chi connectivity index (χ3n) is 2.19. The summed E-state index contributed by atoms with van der Waals surface area (Å²) in [4.78, 5) is 15.0. The fourth-order valence-electron chi connectivity index (χ4n) is 1.40. The number of primary amides is 1. The van der Waals surface area contributed by atoms with Crippen molar-refractivity contribution in [3.05, 3.63) is 29.3 Å². The SMILES string of the molecule is COc1ccc2nc(C=CCC(N)=O)sc2c1. The number of carbonyl (C=O) groups is 1. The third kappa shape index (κ3) is 2.82. The van der Waals surface area contributed by atoms with Gasteiger partial charge in [0.1, 0.15) is 10.8 Å². The number of hydrogen-bond acceptors (Lipinski definition) is 4. The van der Waals surface area contributed by atoms with Gasteiger partial charge in [0.2, 0.25) is 5.91 Å². The first-order valence-electron chi connectivity index (χ1n) is 5.08. The van der Waals surface area contributed by atoms with Crippen LogP contribution in [0, 0.1) is 0 Å². The molecule has 17 heavy (non-hydrogen) atoms. The maximum absolute atomic E-state index is 10.6. The van der Waals surface area contributed by atoms with Crippen LogP contribution in [0.15, 0.2) is 24.3 Å². The number of nitrogens with zero attached hydrogens (tertiary/aromatic N) is 1. The zero-order valence-electron chi connectivity index (χ0n) is 9.34. The van der Waals surface area contributed by atoms with Crippen molar-refractivity contribution in [2.24, 2.45) is 5.73 Å². The van der Waals surface area contributed by atoms with E-state index in [1.165, 1.54) is 0 Å². The summed E-state index contributed by atoms with van der Waals surface area (Å²) in [6.45, 7) is 0. The largest absolute Gasteiger partial charge is 0.497 e. The number of thiazole rings is 1. The molecule has 1 aromatic carbocycles. The normalized spacial score (nSPS) is 11.1. The van der Waals surface area contributed by atoms with Gasteiger partial charge in [-0.25, -0.2) is 4.98 Å². The highest BCUT2D eigenvalue weighted by atomic mass is 32.1. The van der Waals surface area contributed by atoms with Crippen molar-refractivity contribution in [2.45, 2.75) is 6.42 Å². The fourth-order valence-corrected chi connectivity index (χ4v) is 2.32. The van der Waals surface area contributed by atoms with E-state index in [2.05, 4.69) is 4.98 Å². The number of fused-ring (bicyclic) bond motifs is 1. The molecule has 0 fully saturated rings. The minimum atomic E-state index is -0.343. The Kier molecular flexibility index (Phi) is 3.39. The Balaban J connectivity index is 2.25. The van der Waals surface area contributed by atoms with Gasteiger partial charge in [0.15, 0.2) is 0 Å². The van der Waals surface area contributed by atoms with Crippen LogP contribution in [-0.2, 0) is 4.79 Å². The van der Waals surface area contributed by atoms with E-state index in [1.807, 2.05) is 24.3 Å². The van der Waals surface area contributed by atoms with Crippen molar-refractivity contribution in [3.63, 3.8) is 0 Å². The van der Waals surface area contributed by atoms with Gasteiger partial charge in [0.25, 0.3) is 0 Å². The van der Waals surface area contributed by atoms with Gasteiger partial charge in [-0.1, -0.05) is 6.08 Å². The van der Waals surface area contributed by atoms with Crippen LogP contribution in [0.1, 0.15) is 11.4 Å². The van der Waals surface area contributed by atoms with Gasteiger partial charge in [-0.15, -0.1) is 11.3 Å². The quantitative estimate of drug-likeness (QED) is 0.902. The second-order valence-electron chi connectivity index (χ2n) is 3.46. The minimum absolute atomic E-state index is 0.235. The molecule has 5 heteroatoms. The standard InChI is InChI=1S/C12H12N2O2S/c1-16-8-5-6-9-10(7-8)17-12(14-9)4-2-3-11(13)15/h2,4-7H,3H2,1H3,(H2,13,15). The number of rotatable bonds is 4. The summed E-state index contributed by atoms with van der Waals surface area (Å²) >= 11 is 1.55. The Hall–Kier alpha value is -1.88. The molecule has 0 atom stereocenters. The van der Waals surface area contributed by atoms with E-state index < -0.39 is 0 Å². The maximum atomic E-state index is 10.6. The van der Waals surface area contributed by atoms with Crippen LogP contribution >= 0.6 is 11.3 Å². The molecule has 1 amide bonds. The summed E-state index contributed by atoms with van der Waals surface area (Å²) in [7, 11) is 1.63. The van der Waals surface area contributed by atoms with Gasteiger partial charge in [-0.05, 0) is 24.3 Å². The van der Waals surface area contributed by atoms with Crippen LogP contribution in [0.3, 0.4) is 0 Å². The van der Waals surface area contributed by atoms with Crippen molar-refractivity contribution in [3.8, 4) is 5.75 Å². The smallest absolute Gasteiger partial charge is 0.221 e. The van der Waals surface area contributed by atoms with E-state index in [9.17, 15) is 4.79 Å². The molecular weight excluding hydrogens is 236 g/mol. The molecule has 0 bridgehead atoms. The molecule has 1 aromatic heterocycles. The lowest BCUT2D eigenvalue weighted by atomic mass is 10.3. The highest BCUT2D eigenvalue weighted by Gasteiger charge is 2.02. The van der Waals surface area contributed by atoms with Crippen molar-refractivity contribution < 1.29 is 9.53 Å². The van der Waals surface area contributed by atoms with Crippen LogP contribution in [0.5, 0.6) is 5.75 Å². The zero-order chi connectivity index (χ0) is 12.3. The molecule has 0 radical (unpaired) electrons. The van der Waals surface area contributed by atoms with Crippen LogP contribution in [0.25, 0.3) is 16.3 Å². The van der Waals surface area contributed by atoms with Crippen molar-refractivity contribution in [1.29, 1.82) is 0 Å². The van der Waals surface area contributed by atoms with E-state index in [-0.39, 0.29) is 12.3 Å². The predicted molar refractivity (Wildman–Crippen MR) is 69.0 cm³/mol. The summed E-state index contributed by atoms with van der Waals surface area (Å²) in [5.41, 5.74) is 5.97. The number of aromatic nitrogens is 1. The molecule has 0 aliphatic carbocycles. The summed E-state index contributed by atoms with van der Waals surface area (Å²) in [5.74, 6) is 0.470. The topological polar surface area (TPSA) is 65.2 Å². The highest BCUT2D eigenvalue weighted by Crippen LogP contribution is 2.26. The van der Waals surface area contributed by atoms with Gasteiger partial charge in [-0.2, -0.15) is 0 Å².